The lowest BCUT2D eigenvalue weighted by molar-refractivity contribution is -0.119. The summed E-state index contributed by atoms with van der Waals surface area (Å²) in [5.74, 6) is -0.493. The minimum atomic E-state index is -4.08. The molecule has 0 radical (unpaired) electrons. The lowest BCUT2D eigenvalue weighted by atomic mass is 10.2. The topological polar surface area (TPSA) is 88.1 Å². The molecule has 9 heteroatoms. The van der Waals surface area contributed by atoms with Gasteiger partial charge in [-0.05, 0) is 73.2 Å². The molecule has 1 amide bonds. The van der Waals surface area contributed by atoms with Crippen molar-refractivity contribution in [1.29, 1.82) is 0 Å². The fraction of sp³-hybridized carbons (Fsp3) is 0.130. The van der Waals surface area contributed by atoms with Gasteiger partial charge in [0.15, 0.2) is 0 Å². The second-order valence-electron chi connectivity index (χ2n) is 6.87. The molecule has 166 valence electrons. The van der Waals surface area contributed by atoms with Crippen molar-refractivity contribution >= 4 is 27.8 Å². The van der Waals surface area contributed by atoms with Gasteiger partial charge in [-0.2, -0.15) is 5.10 Å². The van der Waals surface area contributed by atoms with E-state index in [2.05, 4.69) is 10.5 Å². The van der Waals surface area contributed by atoms with Crippen LogP contribution in [0.2, 0.25) is 0 Å². The summed E-state index contributed by atoms with van der Waals surface area (Å²) in [6.45, 7) is 1.30. The summed E-state index contributed by atoms with van der Waals surface area (Å²) >= 11 is 0. The van der Waals surface area contributed by atoms with Crippen LogP contribution in [0.1, 0.15) is 11.1 Å². The highest BCUT2D eigenvalue weighted by molar-refractivity contribution is 7.92. The van der Waals surface area contributed by atoms with Gasteiger partial charge >= 0.3 is 0 Å². The van der Waals surface area contributed by atoms with Crippen molar-refractivity contribution < 1.29 is 22.3 Å². The van der Waals surface area contributed by atoms with Gasteiger partial charge in [-0.3, -0.25) is 9.10 Å². The van der Waals surface area contributed by atoms with Gasteiger partial charge in [0.2, 0.25) is 0 Å². The Labute approximate surface area is 186 Å². The third-order valence-electron chi connectivity index (χ3n) is 4.53. The zero-order chi connectivity index (χ0) is 23.1. The van der Waals surface area contributed by atoms with E-state index in [0.29, 0.717) is 11.3 Å². The van der Waals surface area contributed by atoms with Crippen LogP contribution in [0.4, 0.5) is 10.1 Å². The molecule has 0 heterocycles. The molecule has 0 bridgehead atoms. The zero-order valence-electron chi connectivity index (χ0n) is 17.5. The number of aryl methyl sites for hydroxylation is 1. The Morgan fingerprint density at radius 2 is 1.66 bits per heavy atom. The molecule has 3 rings (SSSR count). The van der Waals surface area contributed by atoms with E-state index in [1.165, 1.54) is 30.5 Å². The average molecular weight is 456 g/mol. The minimum Gasteiger partial charge on any atom is -0.497 e. The van der Waals surface area contributed by atoms with Crippen LogP contribution in [-0.4, -0.2) is 34.2 Å². The standard InChI is InChI=1S/C23H22FN3O4S/c1-17-3-13-22(14-4-17)32(29,30)27(20-9-7-19(24)8-10-20)16-23(28)26-25-15-18-5-11-21(31-2)12-6-18/h3-15H,16H2,1-2H3,(H,26,28)/b25-15-. The van der Waals surface area contributed by atoms with Crippen molar-refractivity contribution in [3.8, 4) is 5.75 Å². The number of amides is 1. The number of nitrogens with one attached hydrogen (secondary N) is 1. The smallest absolute Gasteiger partial charge is 0.264 e. The van der Waals surface area contributed by atoms with Gasteiger partial charge in [0.05, 0.1) is 23.9 Å². The molecule has 32 heavy (non-hydrogen) atoms. The summed E-state index contributed by atoms with van der Waals surface area (Å²) in [6, 6.07) is 18.1. The van der Waals surface area contributed by atoms with Crippen LogP contribution in [0.15, 0.2) is 82.8 Å². The molecule has 0 saturated carbocycles. The Balaban J connectivity index is 1.80. The summed E-state index contributed by atoms with van der Waals surface area (Å²) in [5.41, 5.74) is 4.09. The number of benzene rings is 3. The largest absolute Gasteiger partial charge is 0.497 e. The first-order valence-corrected chi connectivity index (χ1v) is 11.0. The third-order valence-corrected chi connectivity index (χ3v) is 6.32. The normalized spacial score (nSPS) is 11.3. The third kappa shape index (κ3) is 5.70. The molecule has 3 aromatic rings. The first kappa shape index (κ1) is 23.0. The highest BCUT2D eigenvalue weighted by Crippen LogP contribution is 2.24. The molecule has 0 aliphatic carbocycles. The lowest BCUT2D eigenvalue weighted by Crippen LogP contribution is -2.39. The molecule has 0 saturated heterocycles. The van der Waals surface area contributed by atoms with Crippen molar-refractivity contribution in [3.05, 3.63) is 89.7 Å². The number of rotatable bonds is 8. The number of hydrogen-bond acceptors (Lipinski definition) is 5. The Hall–Kier alpha value is -3.72. The SMILES string of the molecule is COc1ccc(/C=N\NC(=O)CN(c2ccc(F)cc2)S(=O)(=O)c2ccc(C)cc2)cc1. The predicted octanol–water partition coefficient (Wildman–Crippen LogP) is 3.49. The monoisotopic (exact) mass is 455 g/mol. The first-order valence-electron chi connectivity index (χ1n) is 9.60. The van der Waals surface area contributed by atoms with Gasteiger partial charge in [0.1, 0.15) is 18.1 Å². The number of carbonyl (C=O) groups excluding carboxylic acids is 1. The van der Waals surface area contributed by atoms with Gasteiger partial charge in [-0.25, -0.2) is 18.2 Å². The van der Waals surface area contributed by atoms with Gasteiger partial charge in [-0.1, -0.05) is 17.7 Å². The van der Waals surface area contributed by atoms with Crippen molar-refractivity contribution in [2.75, 3.05) is 18.0 Å². The Bertz CT molecular complexity index is 1190. The Morgan fingerprint density at radius 3 is 2.25 bits per heavy atom. The zero-order valence-corrected chi connectivity index (χ0v) is 18.3. The Kier molecular flexibility index (Phi) is 7.21. The van der Waals surface area contributed by atoms with Crippen LogP contribution in [0, 0.1) is 12.7 Å². The van der Waals surface area contributed by atoms with E-state index in [1.807, 2.05) is 6.92 Å². The molecule has 0 aromatic heterocycles. The summed E-state index contributed by atoms with van der Waals surface area (Å²) < 4.78 is 45.8. The number of hydrazone groups is 1. The number of sulfonamides is 1. The fourth-order valence-corrected chi connectivity index (χ4v) is 4.22. The quantitative estimate of drug-likeness (QED) is 0.416. The van der Waals surface area contributed by atoms with Crippen LogP contribution in [0.25, 0.3) is 0 Å². The maximum Gasteiger partial charge on any atom is 0.264 e. The van der Waals surface area contributed by atoms with Gasteiger partial charge in [0.25, 0.3) is 15.9 Å². The van der Waals surface area contributed by atoms with E-state index in [9.17, 15) is 17.6 Å². The lowest BCUT2D eigenvalue weighted by Gasteiger charge is -2.23. The van der Waals surface area contributed by atoms with Crippen LogP contribution < -0.4 is 14.5 Å². The summed E-state index contributed by atoms with van der Waals surface area (Å²) in [4.78, 5) is 12.5. The van der Waals surface area contributed by atoms with Crippen molar-refractivity contribution in [2.45, 2.75) is 11.8 Å². The molecule has 0 aliphatic heterocycles. The molecule has 0 fully saturated rings. The van der Waals surface area contributed by atoms with E-state index in [-0.39, 0.29) is 10.6 Å². The van der Waals surface area contributed by atoms with Crippen molar-refractivity contribution in [2.24, 2.45) is 5.10 Å². The summed E-state index contributed by atoms with van der Waals surface area (Å²) in [7, 11) is -2.52. The highest BCUT2D eigenvalue weighted by atomic mass is 32.2. The predicted molar refractivity (Wildman–Crippen MR) is 121 cm³/mol. The molecular formula is C23H22FN3O4S. The number of anilines is 1. The molecule has 0 atom stereocenters. The second kappa shape index (κ2) is 10.1. The van der Waals surface area contributed by atoms with Crippen LogP contribution in [0.3, 0.4) is 0 Å². The maximum atomic E-state index is 13.4. The van der Waals surface area contributed by atoms with E-state index in [0.717, 1.165) is 22.0 Å². The Morgan fingerprint density at radius 1 is 1.03 bits per heavy atom. The molecule has 3 aromatic carbocycles. The van der Waals surface area contributed by atoms with E-state index in [4.69, 9.17) is 4.74 Å². The molecule has 1 N–H and O–H groups in total. The van der Waals surface area contributed by atoms with Crippen molar-refractivity contribution in [1.82, 2.24) is 5.43 Å². The molecule has 7 nitrogen and oxygen atoms in total. The summed E-state index contributed by atoms with van der Waals surface area (Å²) in [5, 5.41) is 3.88. The molecular weight excluding hydrogens is 433 g/mol. The number of ether oxygens (including phenoxy) is 1. The number of halogens is 1. The highest BCUT2D eigenvalue weighted by Gasteiger charge is 2.27. The van der Waals surface area contributed by atoms with E-state index >= 15 is 0 Å². The number of methoxy groups -OCH3 is 1. The van der Waals surface area contributed by atoms with E-state index in [1.54, 1.807) is 43.5 Å². The molecule has 0 spiro atoms. The van der Waals surface area contributed by atoms with Crippen LogP contribution in [0.5, 0.6) is 5.75 Å². The number of hydrogen-bond donors (Lipinski definition) is 1. The number of carbonyl (C=O) groups is 1. The van der Waals surface area contributed by atoms with Gasteiger partial charge in [0, 0.05) is 0 Å². The average Bonchev–Trinajstić information content (AvgIpc) is 2.79. The van der Waals surface area contributed by atoms with Gasteiger partial charge < -0.3 is 4.74 Å². The molecule has 0 aliphatic rings. The molecule has 0 unspecified atom stereocenters. The second-order valence-corrected chi connectivity index (χ2v) is 8.73. The van der Waals surface area contributed by atoms with Gasteiger partial charge in [-0.15, -0.1) is 0 Å². The first-order chi connectivity index (χ1) is 15.3. The van der Waals surface area contributed by atoms with E-state index < -0.39 is 28.3 Å². The number of nitrogens with zero attached hydrogens (tertiary/aromatic N) is 2. The van der Waals surface area contributed by atoms with Crippen LogP contribution in [-0.2, 0) is 14.8 Å². The fourth-order valence-electron chi connectivity index (χ4n) is 2.79. The summed E-state index contributed by atoms with van der Waals surface area (Å²) in [6.07, 6.45) is 1.42. The maximum absolute atomic E-state index is 13.4. The van der Waals surface area contributed by atoms with Crippen LogP contribution >= 0.6 is 0 Å². The van der Waals surface area contributed by atoms with Crippen molar-refractivity contribution in [3.63, 3.8) is 0 Å². The minimum absolute atomic E-state index is 0.0157.